The van der Waals surface area contributed by atoms with Crippen molar-refractivity contribution in [2.24, 2.45) is 7.05 Å². The van der Waals surface area contributed by atoms with Crippen LogP contribution in [0.15, 0.2) is 48.5 Å². The molecule has 5 heteroatoms. The maximum absolute atomic E-state index is 13.2. The summed E-state index contributed by atoms with van der Waals surface area (Å²) in [6.07, 6.45) is 0. The third-order valence-corrected chi connectivity index (χ3v) is 5.54. The Hall–Kier alpha value is -2.46. The predicted octanol–water partition coefficient (Wildman–Crippen LogP) is 4.10. The van der Waals surface area contributed by atoms with Crippen molar-refractivity contribution in [3.8, 4) is 0 Å². The third kappa shape index (κ3) is 2.84. The van der Waals surface area contributed by atoms with Crippen LogP contribution in [0.1, 0.15) is 16.1 Å². The lowest BCUT2D eigenvalue weighted by Gasteiger charge is -2.36. The highest BCUT2D eigenvalue weighted by atomic mass is 35.5. The highest BCUT2D eigenvalue weighted by molar-refractivity contribution is 6.30. The van der Waals surface area contributed by atoms with Gasteiger partial charge in [-0.1, -0.05) is 35.9 Å². The van der Waals surface area contributed by atoms with Gasteiger partial charge in [0.05, 0.1) is 0 Å². The van der Waals surface area contributed by atoms with E-state index >= 15 is 0 Å². The molecule has 1 amide bonds. The van der Waals surface area contributed by atoms with Gasteiger partial charge in [-0.2, -0.15) is 0 Å². The van der Waals surface area contributed by atoms with E-state index in [0.717, 1.165) is 46.0 Å². The second-order valence-corrected chi connectivity index (χ2v) is 7.25. The van der Waals surface area contributed by atoms with E-state index in [9.17, 15) is 4.79 Å². The normalized spacial score (nSPS) is 14.9. The predicted molar refractivity (Wildman–Crippen MR) is 107 cm³/mol. The first-order valence-corrected chi connectivity index (χ1v) is 9.28. The molecule has 1 aliphatic heterocycles. The molecule has 134 valence electrons. The van der Waals surface area contributed by atoms with Crippen LogP contribution >= 0.6 is 11.6 Å². The minimum atomic E-state index is 0.118. The second-order valence-electron chi connectivity index (χ2n) is 6.81. The largest absolute Gasteiger partial charge is 0.368 e. The number of carbonyl (C=O) groups excluding carboxylic acids is 1. The van der Waals surface area contributed by atoms with Gasteiger partial charge in [-0.3, -0.25) is 4.79 Å². The van der Waals surface area contributed by atoms with Gasteiger partial charge >= 0.3 is 0 Å². The lowest BCUT2D eigenvalue weighted by atomic mass is 10.1. The van der Waals surface area contributed by atoms with Gasteiger partial charge in [0.15, 0.2) is 0 Å². The Morgan fingerprint density at radius 3 is 2.42 bits per heavy atom. The SMILES string of the molecule is Cc1c(C(=O)N2CCN(c3cccc(Cl)c3)CC2)n(C)c2ccccc12. The number of hydrogen-bond acceptors (Lipinski definition) is 2. The lowest BCUT2D eigenvalue weighted by molar-refractivity contribution is 0.0737. The molecule has 0 saturated carbocycles. The average molecular weight is 368 g/mol. The zero-order chi connectivity index (χ0) is 18.3. The van der Waals surface area contributed by atoms with Crippen LogP contribution in [0.2, 0.25) is 5.02 Å². The van der Waals surface area contributed by atoms with Crippen molar-refractivity contribution < 1.29 is 4.79 Å². The van der Waals surface area contributed by atoms with Crippen LogP contribution in [-0.4, -0.2) is 41.6 Å². The molecule has 0 bridgehead atoms. The number of carbonyl (C=O) groups is 1. The minimum absolute atomic E-state index is 0.118. The van der Waals surface area contributed by atoms with Crippen LogP contribution in [0.5, 0.6) is 0 Å². The molecule has 0 unspecified atom stereocenters. The number of aromatic nitrogens is 1. The van der Waals surface area contributed by atoms with E-state index in [2.05, 4.69) is 23.1 Å². The second kappa shape index (κ2) is 6.69. The molecule has 1 fully saturated rings. The molecule has 26 heavy (non-hydrogen) atoms. The molecule has 1 saturated heterocycles. The van der Waals surface area contributed by atoms with Gasteiger partial charge in [-0.15, -0.1) is 0 Å². The van der Waals surface area contributed by atoms with E-state index in [0.29, 0.717) is 13.1 Å². The summed E-state index contributed by atoms with van der Waals surface area (Å²) in [5.41, 5.74) is 4.07. The third-order valence-electron chi connectivity index (χ3n) is 5.30. The van der Waals surface area contributed by atoms with E-state index < -0.39 is 0 Å². The summed E-state index contributed by atoms with van der Waals surface area (Å²) in [6.45, 7) is 5.10. The number of piperazine rings is 1. The van der Waals surface area contributed by atoms with Crippen molar-refractivity contribution in [3.05, 3.63) is 64.8 Å². The van der Waals surface area contributed by atoms with Crippen LogP contribution < -0.4 is 4.90 Å². The Bertz CT molecular complexity index is 932. The lowest BCUT2D eigenvalue weighted by Crippen LogP contribution is -2.49. The first-order chi connectivity index (χ1) is 12.6. The molecule has 0 aliphatic carbocycles. The molecule has 1 aliphatic rings. The molecule has 3 aromatic rings. The summed E-state index contributed by atoms with van der Waals surface area (Å²) in [6, 6.07) is 16.1. The van der Waals surface area contributed by atoms with Gasteiger partial charge in [0.2, 0.25) is 0 Å². The number of amides is 1. The van der Waals surface area contributed by atoms with Gasteiger partial charge in [0.1, 0.15) is 5.69 Å². The molecule has 4 rings (SSSR count). The molecular formula is C21H22ClN3O. The van der Waals surface area contributed by atoms with Gasteiger partial charge in [0.25, 0.3) is 5.91 Å². The summed E-state index contributed by atoms with van der Waals surface area (Å²) in [7, 11) is 1.98. The van der Waals surface area contributed by atoms with Crippen molar-refractivity contribution in [1.29, 1.82) is 0 Å². The number of aryl methyl sites for hydroxylation is 2. The molecule has 2 aromatic carbocycles. The highest BCUT2D eigenvalue weighted by Gasteiger charge is 2.26. The standard InChI is InChI=1S/C21H22ClN3O/c1-15-18-8-3-4-9-19(18)23(2)20(15)21(26)25-12-10-24(11-13-25)17-7-5-6-16(22)14-17/h3-9,14H,10-13H2,1-2H3. The maximum atomic E-state index is 13.2. The molecule has 1 aromatic heterocycles. The monoisotopic (exact) mass is 367 g/mol. The Kier molecular flexibility index (Phi) is 4.37. The Balaban J connectivity index is 1.54. The van der Waals surface area contributed by atoms with E-state index in [1.165, 1.54) is 0 Å². The molecule has 4 nitrogen and oxygen atoms in total. The fraction of sp³-hybridized carbons (Fsp3) is 0.286. The first-order valence-electron chi connectivity index (χ1n) is 8.90. The van der Waals surface area contributed by atoms with E-state index in [4.69, 9.17) is 11.6 Å². The molecule has 0 spiro atoms. The van der Waals surface area contributed by atoms with Crippen molar-refractivity contribution in [2.45, 2.75) is 6.92 Å². The fourth-order valence-corrected chi connectivity index (χ4v) is 4.06. The van der Waals surface area contributed by atoms with Crippen LogP contribution in [0, 0.1) is 6.92 Å². The number of rotatable bonds is 2. The van der Waals surface area contributed by atoms with Crippen LogP contribution in [0.4, 0.5) is 5.69 Å². The van der Waals surface area contributed by atoms with Gasteiger partial charge in [-0.05, 0) is 36.8 Å². The summed E-state index contributed by atoms with van der Waals surface area (Å²) < 4.78 is 2.02. The molecule has 0 radical (unpaired) electrons. The van der Waals surface area contributed by atoms with Crippen LogP contribution in [-0.2, 0) is 7.05 Å². The quantitative estimate of drug-likeness (QED) is 0.682. The van der Waals surface area contributed by atoms with Crippen LogP contribution in [0.3, 0.4) is 0 Å². The van der Waals surface area contributed by atoms with Crippen LogP contribution in [0.25, 0.3) is 10.9 Å². The number of hydrogen-bond donors (Lipinski definition) is 0. The van der Waals surface area contributed by atoms with E-state index in [1.54, 1.807) is 0 Å². The van der Waals surface area contributed by atoms with E-state index in [-0.39, 0.29) is 5.91 Å². The summed E-state index contributed by atoms with van der Waals surface area (Å²) in [5.74, 6) is 0.118. The summed E-state index contributed by atoms with van der Waals surface area (Å²) >= 11 is 6.10. The number of nitrogens with zero attached hydrogens (tertiary/aromatic N) is 3. The van der Waals surface area contributed by atoms with E-state index in [1.807, 2.05) is 53.8 Å². The maximum Gasteiger partial charge on any atom is 0.270 e. The smallest absolute Gasteiger partial charge is 0.270 e. The van der Waals surface area contributed by atoms with Crippen molar-refractivity contribution >= 4 is 34.1 Å². The van der Waals surface area contributed by atoms with Gasteiger partial charge in [-0.25, -0.2) is 0 Å². The fourth-order valence-electron chi connectivity index (χ4n) is 3.88. The number of para-hydroxylation sites is 1. The highest BCUT2D eigenvalue weighted by Crippen LogP contribution is 2.26. The summed E-state index contributed by atoms with van der Waals surface area (Å²) in [5, 5.41) is 1.89. The van der Waals surface area contributed by atoms with Crippen molar-refractivity contribution in [2.75, 3.05) is 31.1 Å². The number of halogens is 1. The molecule has 2 heterocycles. The van der Waals surface area contributed by atoms with Crippen molar-refractivity contribution in [3.63, 3.8) is 0 Å². The topological polar surface area (TPSA) is 28.5 Å². The zero-order valence-corrected chi connectivity index (χ0v) is 15.8. The Labute approximate surface area is 158 Å². The Morgan fingerprint density at radius 1 is 1.00 bits per heavy atom. The minimum Gasteiger partial charge on any atom is -0.368 e. The molecule has 0 atom stereocenters. The van der Waals surface area contributed by atoms with Gasteiger partial charge < -0.3 is 14.4 Å². The van der Waals surface area contributed by atoms with Crippen molar-refractivity contribution in [1.82, 2.24) is 9.47 Å². The average Bonchev–Trinajstić information content (AvgIpc) is 2.92. The molecule has 0 N–H and O–H groups in total. The van der Waals surface area contributed by atoms with Gasteiger partial charge in [0, 0.05) is 54.8 Å². The zero-order valence-electron chi connectivity index (χ0n) is 15.1. The Morgan fingerprint density at radius 2 is 1.73 bits per heavy atom. The molecular weight excluding hydrogens is 346 g/mol. The summed E-state index contributed by atoms with van der Waals surface area (Å²) in [4.78, 5) is 17.4. The number of benzene rings is 2. The first kappa shape index (κ1) is 17.0. The number of anilines is 1. The number of fused-ring (bicyclic) bond motifs is 1.